The number of carbonyl (C=O) groups is 2. The molecule has 0 heterocycles. The van der Waals surface area contributed by atoms with Gasteiger partial charge in [0, 0.05) is 17.4 Å². The Labute approximate surface area is 196 Å². The van der Waals surface area contributed by atoms with Crippen molar-refractivity contribution in [2.45, 2.75) is 82.8 Å². The van der Waals surface area contributed by atoms with Crippen LogP contribution in [0, 0.1) is 46.8 Å². The first-order valence-corrected chi connectivity index (χ1v) is 13.1. The molecule has 8 bridgehead atoms. The summed E-state index contributed by atoms with van der Waals surface area (Å²) in [5, 5.41) is 11.1. The molecular formula is C27H38O6. The second kappa shape index (κ2) is 7.81. The molecule has 8 aliphatic carbocycles. The average molecular weight is 459 g/mol. The molecule has 182 valence electrons. The fourth-order valence-corrected chi connectivity index (χ4v) is 9.46. The summed E-state index contributed by atoms with van der Waals surface area (Å²) in [6, 6.07) is 0. The summed E-state index contributed by atoms with van der Waals surface area (Å²) in [7, 11) is 0. The molecule has 2 unspecified atom stereocenters. The van der Waals surface area contributed by atoms with E-state index in [1.807, 2.05) is 0 Å². The predicted molar refractivity (Wildman–Crippen MR) is 120 cm³/mol. The van der Waals surface area contributed by atoms with E-state index in [1.54, 1.807) is 6.92 Å². The Morgan fingerprint density at radius 3 is 2.12 bits per heavy atom. The van der Waals surface area contributed by atoms with Gasteiger partial charge in [-0.1, -0.05) is 6.58 Å². The van der Waals surface area contributed by atoms with Gasteiger partial charge in [0.15, 0.2) is 6.79 Å². The summed E-state index contributed by atoms with van der Waals surface area (Å²) in [4.78, 5) is 25.4. The molecule has 2 atom stereocenters. The zero-order chi connectivity index (χ0) is 23.0. The third-order valence-corrected chi connectivity index (χ3v) is 10.2. The monoisotopic (exact) mass is 458 g/mol. The molecule has 0 amide bonds. The molecule has 33 heavy (non-hydrogen) atoms. The van der Waals surface area contributed by atoms with Crippen LogP contribution in [0.2, 0.25) is 0 Å². The minimum atomic E-state index is -0.863. The summed E-state index contributed by atoms with van der Waals surface area (Å²) in [6.07, 6.45) is 9.47. The maximum absolute atomic E-state index is 13.2. The molecule has 6 heteroatoms. The van der Waals surface area contributed by atoms with Gasteiger partial charge in [-0.3, -0.25) is 4.79 Å². The molecule has 0 aromatic carbocycles. The van der Waals surface area contributed by atoms with Crippen LogP contribution in [0.25, 0.3) is 0 Å². The Bertz CT molecular complexity index is 804. The molecule has 0 aliphatic heterocycles. The number of hydrogen-bond donors (Lipinski definition) is 1. The van der Waals surface area contributed by atoms with Crippen molar-refractivity contribution in [2.75, 3.05) is 13.4 Å². The van der Waals surface area contributed by atoms with E-state index in [2.05, 4.69) is 6.58 Å². The standard InChI is InChI=1S/C27H38O6/c1-15(2)24(28)33-23-20-8-26(9-21(23)11-27(30,10-20)13-26)25(29)32-14-31-12-22-18-4-16-3-17(6-18)7-19(22)5-16/h16-23,30H,1,3-14H2,2H3. The van der Waals surface area contributed by atoms with E-state index in [4.69, 9.17) is 14.2 Å². The average Bonchev–Trinajstić information content (AvgIpc) is 2.73. The van der Waals surface area contributed by atoms with Crippen LogP contribution >= 0.6 is 0 Å². The number of ether oxygens (including phenoxy) is 3. The second-order valence-corrected chi connectivity index (χ2v) is 12.7. The van der Waals surface area contributed by atoms with Crippen LogP contribution in [-0.2, 0) is 23.8 Å². The molecule has 0 aromatic heterocycles. The Kier molecular flexibility index (Phi) is 5.23. The summed E-state index contributed by atoms with van der Waals surface area (Å²) in [6.45, 7) is 6.03. The molecule has 6 nitrogen and oxygen atoms in total. The van der Waals surface area contributed by atoms with E-state index in [0.717, 1.165) is 23.7 Å². The maximum Gasteiger partial charge on any atom is 0.333 e. The van der Waals surface area contributed by atoms with Crippen LogP contribution < -0.4 is 0 Å². The van der Waals surface area contributed by atoms with Crippen LogP contribution in [-0.4, -0.2) is 42.1 Å². The summed E-state index contributed by atoms with van der Waals surface area (Å²) in [5.41, 5.74) is -1.16. The van der Waals surface area contributed by atoms with Crippen molar-refractivity contribution < 1.29 is 28.9 Å². The van der Waals surface area contributed by atoms with Gasteiger partial charge in [0.2, 0.25) is 0 Å². The molecule has 8 rings (SSSR count). The number of rotatable bonds is 7. The normalized spacial score (nSPS) is 48.7. The number of aliphatic hydroxyl groups is 1. The van der Waals surface area contributed by atoms with Crippen LogP contribution in [0.15, 0.2) is 12.2 Å². The van der Waals surface area contributed by atoms with Crippen LogP contribution in [0.1, 0.15) is 71.1 Å². The van der Waals surface area contributed by atoms with Crippen LogP contribution in [0.4, 0.5) is 0 Å². The molecule has 0 saturated heterocycles. The highest BCUT2D eigenvalue weighted by molar-refractivity contribution is 5.87. The highest BCUT2D eigenvalue weighted by atomic mass is 16.7. The van der Waals surface area contributed by atoms with E-state index in [1.165, 1.54) is 32.1 Å². The summed E-state index contributed by atoms with van der Waals surface area (Å²) >= 11 is 0. The minimum absolute atomic E-state index is 0.00517. The van der Waals surface area contributed by atoms with Gasteiger partial charge in [0.1, 0.15) is 6.10 Å². The van der Waals surface area contributed by atoms with Gasteiger partial charge >= 0.3 is 11.9 Å². The number of hydrogen-bond acceptors (Lipinski definition) is 6. The first kappa shape index (κ1) is 22.1. The first-order valence-electron chi connectivity index (χ1n) is 13.1. The van der Waals surface area contributed by atoms with Gasteiger partial charge in [0.05, 0.1) is 17.6 Å². The van der Waals surface area contributed by atoms with Crippen molar-refractivity contribution in [3.63, 3.8) is 0 Å². The van der Waals surface area contributed by atoms with E-state index < -0.39 is 11.0 Å². The molecule has 1 N–H and O–H groups in total. The van der Waals surface area contributed by atoms with Gasteiger partial charge < -0.3 is 19.3 Å². The van der Waals surface area contributed by atoms with Crippen molar-refractivity contribution in [3.8, 4) is 0 Å². The highest BCUT2D eigenvalue weighted by Crippen LogP contribution is 2.63. The quantitative estimate of drug-likeness (QED) is 0.269. The van der Waals surface area contributed by atoms with Crippen molar-refractivity contribution in [3.05, 3.63) is 12.2 Å². The van der Waals surface area contributed by atoms with Gasteiger partial charge in [-0.05, 0) is 101 Å². The zero-order valence-electron chi connectivity index (χ0n) is 19.8. The molecule has 0 spiro atoms. The molecule has 8 saturated carbocycles. The smallest absolute Gasteiger partial charge is 0.333 e. The Hall–Kier alpha value is -1.40. The second-order valence-electron chi connectivity index (χ2n) is 12.7. The number of esters is 2. The lowest BCUT2D eigenvalue weighted by atomic mass is 9.47. The van der Waals surface area contributed by atoms with Gasteiger partial charge in [-0.15, -0.1) is 0 Å². The molecule has 8 fully saturated rings. The van der Waals surface area contributed by atoms with Crippen molar-refractivity contribution in [1.82, 2.24) is 0 Å². The third kappa shape index (κ3) is 3.76. The van der Waals surface area contributed by atoms with Gasteiger partial charge in [-0.25, -0.2) is 4.79 Å². The molecule has 0 aromatic rings. The molecule has 0 radical (unpaired) electrons. The number of carbonyl (C=O) groups excluding carboxylic acids is 2. The lowest BCUT2D eigenvalue weighted by Crippen LogP contribution is -2.64. The van der Waals surface area contributed by atoms with E-state index in [9.17, 15) is 14.7 Å². The van der Waals surface area contributed by atoms with Crippen molar-refractivity contribution >= 4 is 11.9 Å². The van der Waals surface area contributed by atoms with Crippen molar-refractivity contribution in [1.29, 1.82) is 0 Å². The summed E-state index contributed by atoms with van der Waals surface area (Å²) in [5.74, 6) is 3.47. The first-order chi connectivity index (χ1) is 15.7. The lowest BCUT2D eigenvalue weighted by molar-refractivity contribution is -0.231. The van der Waals surface area contributed by atoms with E-state index in [0.29, 0.717) is 50.2 Å². The zero-order valence-corrected chi connectivity index (χ0v) is 19.8. The van der Waals surface area contributed by atoms with Crippen molar-refractivity contribution in [2.24, 2.45) is 46.8 Å². The predicted octanol–water partition coefficient (Wildman–Crippen LogP) is 4.01. The Morgan fingerprint density at radius 1 is 0.939 bits per heavy atom. The van der Waals surface area contributed by atoms with Gasteiger partial charge in [0.25, 0.3) is 0 Å². The SMILES string of the molecule is C=C(C)C(=O)OC1C2CC3(O)CC1CC(C(=O)OCOCC1C4CC5CC(C4)CC1C5)(C2)C3. The topological polar surface area (TPSA) is 82.1 Å². The Balaban J connectivity index is 1.04. The van der Waals surface area contributed by atoms with E-state index >= 15 is 0 Å². The van der Waals surface area contributed by atoms with Gasteiger partial charge in [-0.2, -0.15) is 0 Å². The van der Waals surface area contributed by atoms with Crippen LogP contribution in [0.3, 0.4) is 0 Å². The van der Waals surface area contributed by atoms with E-state index in [-0.39, 0.29) is 36.7 Å². The fourth-order valence-electron chi connectivity index (χ4n) is 9.46. The summed E-state index contributed by atoms with van der Waals surface area (Å²) < 4.78 is 17.4. The molecule has 8 aliphatic rings. The highest BCUT2D eigenvalue weighted by Gasteiger charge is 2.65. The lowest BCUT2D eigenvalue weighted by Gasteiger charge is -2.61. The van der Waals surface area contributed by atoms with Crippen LogP contribution in [0.5, 0.6) is 0 Å². The maximum atomic E-state index is 13.2. The third-order valence-electron chi connectivity index (χ3n) is 10.2. The Morgan fingerprint density at radius 2 is 1.55 bits per heavy atom. The minimum Gasteiger partial charge on any atom is -0.458 e. The molecular weight excluding hydrogens is 420 g/mol. The fraction of sp³-hybridized carbons (Fsp3) is 0.852. The largest absolute Gasteiger partial charge is 0.458 e.